The highest BCUT2D eigenvalue weighted by molar-refractivity contribution is 6.09. The number of nitrogens with zero attached hydrogens (tertiary/aromatic N) is 3. The molecule has 8 nitrogen and oxygen atoms in total. The average molecular weight is 462 g/mol. The highest BCUT2D eigenvalue weighted by Gasteiger charge is 2.15. The number of carbonyl (C=O) groups is 1. The highest BCUT2D eigenvalue weighted by atomic mass is 16.5. The first-order valence-electron chi connectivity index (χ1n) is 11.6. The van der Waals surface area contributed by atoms with E-state index in [4.69, 9.17) is 15.0 Å². The normalized spacial score (nSPS) is 15.7. The predicted octanol–water partition coefficient (Wildman–Crippen LogP) is 3.31. The number of anilines is 1. The molecule has 0 radical (unpaired) electrons. The molecule has 0 aliphatic carbocycles. The molecule has 1 atom stereocenters. The summed E-state index contributed by atoms with van der Waals surface area (Å²) in [6.45, 7) is 6.91. The van der Waals surface area contributed by atoms with Crippen molar-refractivity contribution in [1.82, 2.24) is 10.1 Å². The second-order valence-electron chi connectivity index (χ2n) is 8.46. The Labute approximate surface area is 199 Å². The van der Waals surface area contributed by atoms with Crippen molar-refractivity contribution < 1.29 is 14.1 Å². The summed E-state index contributed by atoms with van der Waals surface area (Å²) < 4.78 is 10.8. The van der Waals surface area contributed by atoms with Gasteiger partial charge in [-0.1, -0.05) is 60.6 Å². The smallest absolute Gasteiger partial charge is 0.231 e. The third kappa shape index (κ3) is 6.52. The third-order valence-electron chi connectivity index (χ3n) is 5.85. The van der Waals surface area contributed by atoms with Crippen LogP contribution >= 0.6 is 0 Å². The van der Waals surface area contributed by atoms with Crippen molar-refractivity contribution >= 4 is 17.6 Å². The lowest BCUT2D eigenvalue weighted by Gasteiger charge is -2.25. The average Bonchev–Trinajstić information content (AvgIpc) is 3.33. The maximum atomic E-state index is 12.8. The van der Waals surface area contributed by atoms with Crippen molar-refractivity contribution in [2.75, 3.05) is 44.7 Å². The Bertz CT molecular complexity index is 1110. The molecule has 34 heavy (non-hydrogen) atoms. The second-order valence-corrected chi connectivity index (χ2v) is 8.46. The highest BCUT2D eigenvalue weighted by Crippen LogP contribution is 2.23. The third-order valence-corrected chi connectivity index (χ3v) is 5.85. The molecular formula is C26H31N5O3. The van der Waals surface area contributed by atoms with E-state index in [0.29, 0.717) is 29.5 Å². The Hall–Kier alpha value is -3.49. The molecule has 1 fully saturated rings. The summed E-state index contributed by atoms with van der Waals surface area (Å²) in [5, 5.41) is 7.16. The molecule has 178 valence electrons. The zero-order valence-electron chi connectivity index (χ0n) is 19.4. The summed E-state index contributed by atoms with van der Waals surface area (Å²) in [5.41, 5.74) is 9.24. The number of carbonyl (C=O) groups excluding carboxylic acids is 1. The first kappa shape index (κ1) is 23.7. The molecule has 3 aromatic rings. The monoisotopic (exact) mass is 461 g/mol. The van der Waals surface area contributed by atoms with Gasteiger partial charge < -0.3 is 15.0 Å². The molecular weight excluding hydrogens is 430 g/mol. The Morgan fingerprint density at radius 3 is 2.68 bits per heavy atom. The molecule has 1 aliphatic rings. The fourth-order valence-electron chi connectivity index (χ4n) is 3.94. The van der Waals surface area contributed by atoms with Gasteiger partial charge in [-0.3, -0.25) is 20.0 Å². The van der Waals surface area contributed by atoms with Gasteiger partial charge in [0, 0.05) is 42.7 Å². The largest absolute Gasteiger partial charge is 0.379 e. The van der Waals surface area contributed by atoms with Crippen molar-refractivity contribution in [2.24, 2.45) is 10.7 Å². The van der Waals surface area contributed by atoms with Gasteiger partial charge in [0.2, 0.25) is 5.88 Å². The molecule has 1 aliphatic heterocycles. The molecule has 0 bridgehead atoms. The van der Waals surface area contributed by atoms with Crippen molar-refractivity contribution in [1.29, 1.82) is 0 Å². The number of ketones is 1. The lowest BCUT2D eigenvalue weighted by atomic mass is 9.95. The minimum Gasteiger partial charge on any atom is -0.379 e. The van der Waals surface area contributed by atoms with Crippen LogP contribution in [0.2, 0.25) is 0 Å². The van der Waals surface area contributed by atoms with Crippen LogP contribution in [-0.2, 0) is 11.2 Å². The standard InChI is InChI=1S/C26H31N5O3/c1-19(16-20-6-5-9-22(17-20)25(32)21-7-3-2-4-8-21)23-18-24(34-30-23)29-26(27)28-10-11-31-12-14-33-15-13-31/h2-9,17-19H,10-16H2,1H3,(H3,27,28,29). The molecule has 4 rings (SSSR count). The fourth-order valence-corrected chi connectivity index (χ4v) is 3.94. The van der Waals surface area contributed by atoms with Crippen LogP contribution in [0.1, 0.15) is 40.0 Å². The number of hydrogen-bond acceptors (Lipinski definition) is 6. The molecule has 2 aromatic carbocycles. The summed E-state index contributed by atoms with van der Waals surface area (Å²) in [6, 6.07) is 18.9. The maximum Gasteiger partial charge on any atom is 0.231 e. The number of guanidine groups is 1. The Morgan fingerprint density at radius 1 is 1.12 bits per heavy atom. The molecule has 0 saturated carbocycles. The molecule has 1 unspecified atom stereocenters. The molecule has 1 saturated heterocycles. The SMILES string of the molecule is CC(Cc1cccc(C(=O)c2ccccc2)c1)c1cc(NC(N)=NCCN2CCOCC2)on1. The summed E-state index contributed by atoms with van der Waals surface area (Å²) in [7, 11) is 0. The zero-order valence-corrected chi connectivity index (χ0v) is 19.4. The van der Waals surface area contributed by atoms with Gasteiger partial charge in [0.1, 0.15) is 0 Å². The fraction of sp³-hybridized carbons (Fsp3) is 0.346. The van der Waals surface area contributed by atoms with Crippen molar-refractivity contribution in [3.05, 3.63) is 83.0 Å². The Morgan fingerprint density at radius 2 is 1.88 bits per heavy atom. The van der Waals surface area contributed by atoms with Crippen LogP contribution in [0.25, 0.3) is 0 Å². The summed E-state index contributed by atoms with van der Waals surface area (Å²) >= 11 is 0. The van der Waals surface area contributed by atoms with Gasteiger partial charge in [-0.05, 0) is 18.1 Å². The lowest BCUT2D eigenvalue weighted by molar-refractivity contribution is 0.0394. The predicted molar refractivity (Wildman–Crippen MR) is 132 cm³/mol. The summed E-state index contributed by atoms with van der Waals surface area (Å²) in [4.78, 5) is 19.4. The van der Waals surface area contributed by atoms with Gasteiger partial charge in [0.25, 0.3) is 0 Å². The number of aromatic nitrogens is 1. The van der Waals surface area contributed by atoms with E-state index in [1.165, 1.54) is 0 Å². The number of hydrogen-bond donors (Lipinski definition) is 2. The van der Waals surface area contributed by atoms with E-state index < -0.39 is 0 Å². The number of rotatable bonds is 9. The number of aliphatic imine (C=N–C) groups is 1. The lowest BCUT2D eigenvalue weighted by Crippen LogP contribution is -2.38. The van der Waals surface area contributed by atoms with E-state index in [9.17, 15) is 4.79 Å². The minimum absolute atomic E-state index is 0.0198. The molecule has 0 spiro atoms. The number of morpholine rings is 1. The van der Waals surface area contributed by atoms with Crippen LogP contribution in [-0.4, -0.2) is 61.2 Å². The van der Waals surface area contributed by atoms with E-state index in [-0.39, 0.29) is 11.7 Å². The summed E-state index contributed by atoms with van der Waals surface area (Å²) in [6.07, 6.45) is 0.727. The molecule has 3 N–H and O–H groups in total. The quantitative estimate of drug-likeness (QED) is 0.286. The van der Waals surface area contributed by atoms with Crippen molar-refractivity contribution in [3.8, 4) is 0 Å². The zero-order chi connectivity index (χ0) is 23.8. The maximum absolute atomic E-state index is 12.8. The van der Waals surface area contributed by atoms with Gasteiger partial charge in [0.05, 0.1) is 25.5 Å². The topological polar surface area (TPSA) is 106 Å². The van der Waals surface area contributed by atoms with Gasteiger partial charge in [-0.25, -0.2) is 0 Å². The van der Waals surface area contributed by atoms with E-state index >= 15 is 0 Å². The van der Waals surface area contributed by atoms with Crippen molar-refractivity contribution in [2.45, 2.75) is 19.3 Å². The van der Waals surface area contributed by atoms with Crippen LogP contribution in [0.5, 0.6) is 0 Å². The summed E-state index contributed by atoms with van der Waals surface area (Å²) in [5.74, 6) is 0.880. The molecule has 1 aromatic heterocycles. The van der Waals surface area contributed by atoms with Crippen molar-refractivity contribution in [3.63, 3.8) is 0 Å². The van der Waals surface area contributed by atoms with Crippen LogP contribution in [0.4, 0.5) is 5.88 Å². The van der Waals surface area contributed by atoms with E-state index in [2.05, 4.69) is 27.3 Å². The van der Waals surface area contributed by atoms with Gasteiger partial charge in [-0.15, -0.1) is 0 Å². The van der Waals surface area contributed by atoms with Crippen LogP contribution in [0.3, 0.4) is 0 Å². The second kappa shape index (κ2) is 11.6. The first-order chi connectivity index (χ1) is 16.6. The number of nitrogens with one attached hydrogen (secondary N) is 1. The number of benzene rings is 2. The van der Waals surface area contributed by atoms with Crippen LogP contribution in [0, 0.1) is 0 Å². The molecule has 0 amide bonds. The van der Waals surface area contributed by atoms with Gasteiger partial charge in [0.15, 0.2) is 11.7 Å². The van der Waals surface area contributed by atoms with Gasteiger partial charge >= 0.3 is 0 Å². The van der Waals surface area contributed by atoms with Crippen LogP contribution in [0.15, 0.2) is 70.2 Å². The van der Waals surface area contributed by atoms with E-state index in [1.54, 1.807) is 0 Å². The van der Waals surface area contributed by atoms with E-state index in [0.717, 1.165) is 50.5 Å². The molecule has 8 heteroatoms. The minimum atomic E-state index is 0.0198. The van der Waals surface area contributed by atoms with E-state index in [1.807, 2.05) is 60.7 Å². The number of ether oxygens (including phenoxy) is 1. The first-order valence-corrected chi connectivity index (χ1v) is 11.6. The Balaban J connectivity index is 1.31. The number of nitrogens with two attached hydrogens (primary N) is 1. The van der Waals surface area contributed by atoms with Crippen LogP contribution < -0.4 is 11.1 Å². The van der Waals surface area contributed by atoms with Gasteiger partial charge in [-0.2, -0.15) is 0 Å². The molecule has 2 heterocycles. The Kier molecular flexibility index (Phi) is 8.06.